The van der Waals surface area contributed by atoms with Crippen LogP contribution in [-0.2, 0) is 24.0 Å². The Morgan fingerprint density at radius 3 is 2.82 bits per heavy atom. The molecular weight excluding hydrogens is 558 g/mol. The third kappa shape index (κ3) is 5.78. The predicted octanol–water partition coefficient (Wildman–Crippen LogP) is 0.208. The molecule has 202 valence electrons. The monoisotopic (exact) mass is 581 g/mol. The van der Waals surface area contributed by atoms with Gasteiger partial charge in [-0.25, -0.2) is 14.8 Å². The second-order valence-electron chi connectivity index (χ2n) is 7.91. The normalized spacial score (nSPS) is 21.0. The maximum atomic E-state index is 13.0. The molecule has 0 saturated carbocycles. The smallest absolute Gasteiger partial charge is 0.352 e. The number of carboxylic acid groups (broad SMARTS) is 2. The van der Waals surface area contributed by atoms with Crippen LogP contribution in [0.2, 0.25) is 0 Å². The molecule has 0 spiro atoms. The van der Waals surface area contributed by atoms with E-state index >= 15 is 0 Å². The van der Waals surface area contributed by atoms with Crippen LogP contribution in [0.1, 0.15) is 12.6 Å². The zero-order valence-corrected chi connectivity index (χ0v) is 22.3. The number of carbonyl (C=O) groups is 4. The average Bonchev–Trinajstić information content (AvgIpc) is 3.31. The number of carboxylic acids is 2. The molecule has 0 bridgehead atoms. The van der Waals surface area contributed by atoms with E-state index in [0.717, 1.165) is 16.2 Å². The third-order valence-electron chi connectivity index (χ3n) is 5.39. The number of rotatable bonds is 10. The number of aliphatic imine (C=N–C) groups is 1. The van der Waals surface area contributed by atoms with E-state index in [4.69, 9.17) is 15.7 Å². The zero-order chi connectivity index (χ0) is 27.4. The van der Waals surface area contributed by atoms with Crippen molar-refractivity contribution in [3.63, 3.8) is 0 Å². The number of anilines is 1. The molecule has 1 fully saturated rings. The number of nitrogens with two attached hydrogens (primary N) is 1. The number of hydrogen-bond acceptors (Lipinski definition) is 13. The molecule has 4 rings (SSSR count). The maximum Gasteiger partial charge on any atom is 0.352 e. The molecule has 0 unspecified atom stereocenters. The number of aliphatic carboxylic acids is 2. The Kier molecular flexibility index (Phi) is 8.58. The van der Waals surface area contributed by atoms with Gasteiger partial charge in [0.15, 0.2) is 16.0 Å². The lowest BCUT2D eigenvalue weighted by Crippen LogP contribution is -2.71. The minimum absolute atomic E-state index is 0.147. The van der Waals surface area contributed by atoms with Crippen LogP contribution >= 0.6 is 34.9 Å². The number of carbonyl (C=O) groups excluding carboxylic acids is 2. The highest BCUT2D eigenvalue weighted by atomic mass is 32.2. The molecule has 38 heavy (non-hydrogen) atoms. The van der Waals surface area contributed by atoms with E-state index in [-0.39, 0.29) is 41.1 Å². The van der Waals surface area contributed by atoms with Gasteiger partial charge in [-0.3, -0.25) is 19.3 Å². The Bertz CT molecular complexity index is 1280. The number of thiazole rings is 1. The van der Waals surface area contributed by atoms with E-state index in [1.54, 1.807) is 24.1 Å². The van der Waals surface area contributed by atoms with Gasteiger partial charge in [-0.05, 0) is 18.6 Å². The first kappa shape index (κ1) is 27.5. The molecule has 2 amide bonds. The largest absolute Gasteiger partial charge is 0.480 e. The highest BCUT2D eigenvalue weighted by Crippen LogP contribution is 2.41. The summed E-state index contributed by atoms with van der Waals surface area (Å²) in [4.78, 5) is 65.3. The molecule has 1 saturated heterocycles. The molecule has 0 aliphatic carbocycles. The number of nitrogens with one attached hydrogen (secondary N) is 1. The van der Waals surface area contributed by atoms with Crippen LogP contribution in [-0.4, -0.2) is 102 Å². The number of β-lactam (4-membered cyclic amide) rings is 1. The van der Waals surface area contributed by atoms with Crippen LogP contribution in [0.3, 0.4) is 0 Å². The van der Waals surface area contributed by atoms with E-state index in [1.807, 2.05) is 0 Å². The Balaban J connectivity index is 1.47. The SMILES string of the molecule is CCO/N=C(\C(=O)N[C@@H]1C(=O)N2C(C(=O)O)=C(CSC3=NC=CCN3CC(=O)O)CS[C@H]12)c1csc(N)n1. The van der Waals surface area contributed by atoms with Crippen molar-refractivity contribution in [1.29, 1.82) is 0 Å². The van der Waals surface area contributed by atoms with E-state index in [9.17, 15) is 24.3 Å². The van der Waals surface area contributed by atoms with Crippen LogP contribution in [0, 0.1) is 0 Å². The molecule has 2 atom stereocenters. The van der Waals surface area contributed by atoms with Gasteiger partial charge in [0.05, 0.1) is 0 Å². The van der Waals surface area contributed by atoms with Gasteiger partial charge in [-0.15, -0.1) is 23.1 Å². The van der Waals surface area contributed by atoms with E-state index in [2.05, 4.69) is 20.4 Å². The van der Waals surface area contributed by atoms with Gasteiger partial charge in [0.1, 0.15) is 36.0 Å². The Morgan fingerprint density at radius 1 is 1.37 bits per heavy atom. The van der Waals surface area contributed by atoms with Crippen LogP contribution in [0.15, 0.2) is 39.1 Å². The fraction of sp³-hybridized carbons (Fsp3) is 0.381. The third-order valence-corrected chi connectivity index (χ3v) is 8.52. The summed E-state index contributed by atoms with van der Waals surface area (Å²) in [6, 6.07) is -0.974. The van der Waals surface area contributed by atoms with E-state index < -0.39 is 35.2 Å². The molecule has 5 N–H and O–H groups in total. The first-order chi connectivity index (χ1) is 18.2. The number of amides is 2. The summed E-state index contributed by atoms with van der Waals surface area (Å²) in [5, 5.41) is 27.1. The fourth-order valence-corrected chi connectivity index (χ4v) is 6.78. The van der Waals surface area contributed by atoms with E-state index in [0.29, 0.717) is 23.0 Å². The van der Waals surface area contributed by atoms with Crippen molar-refractivity contribution in [1.82, 2.24) is 20.1 Å². The lowest BCUT2D eigenvalue weighted by Gasteiger charge is -2.49. The van der Waals surface area contributed by atoms with Gasteiger partial charge in [-0.1, -0.05) is 16.9 Å². The topological polar surface area (TPSA) is 200 Å². The number of thioether (sulfide) groups is 2. The number of nitrogen functional groups attached to an aromatic ring is 1. The maximum absolute atomic E-state index is 13.0. The van der Waals surface area contributed by atoms with Gasteiger partial charge in [-0.2, -0.15) is 0 Å². The minimum atomic E-state index is -1.27. The number of oxime groups is 1. The molecule has 4 heterocycles. The summed E-state index contributed by atoms with van der Waals surface area (Å²) in [6.45, 7) is 2.02. The molecule has 0 radical (unpaired) electrons. The fourth-order valence-electron chi connectivity index (χ4n) is 3.76. The van der Waals surface area contributed by atoms with Crippen LogP contribution < -0.4 is 11.1 Å². The lowest BCUT2D eigenvalue weighted by molar-refractivity contribution is -0.150. The van der Waals surface area contributed by atoms with Crippen molar-refractivity contribution in [2.75, 3.05) is 36.9 Å². The summed E-state index contributed by atoms with van der Waals surface area (Å²) in [5.41, 5.74) is 6.06. The van der Waals surface area contributed by atoms with Crippen LogP contribution in [0.4, 0.5) is 5.13 Å². The number of amidine groups is 1. The van der Waals surface area contributed by atoms with Crippen LogP contribution in [0.25, 0.3) is 0 Å². The summed E-state index contributed by atoms with van der Waals surface area (Å²) >= 11 is 3.63. The molecule has 17 heteroatoms. The quantitative estimate of drug-likeness (QED) is 0.167. The zero-order valence-electron chi connectivity index (χ0n) is 19.9. The molecule has 3 aliphatic rings. The molecule has 1 aromatic heterocycles. The Hall–Kier alpha value is -3.57. The summed E-state index contributed by atoms with van der Waals surface area (Å²) < 4.78 is 0. The first-order valence-electron chi connectivity index (χ1n) is 11.2. The van der Waals surface area contributed by atoms with Gasteiger partial charge < -0.3 is 31.0 Å². The van der Waals surface area contributed by atoms with Gasteiger partial charge in [0.2, 0.25) is 0 Å². The average molecular weight is 582 g/mol. The molecule has 0 aromatic carbocycles. The van der Waals surface area contributed by atoms with Crippen molar-refractivity contribution >= 4 is 74.6 Å². The highest BCUT2D eigenvalue weighted by molar-refractivity contribution is 8.14. The van der Waals surface area contributed by atoms with E-state index in [1.165, 1.54) is 28.9 Å². The second-order valence-corrected chi connectivity index (χ2v) is 10.8. The minimum Gasteiger partial charge on any atom is -0.480 e. The lowest BCUT2D eigenvalue weighted by atomic mass is 10.0. The molecule has 3 aliphatic heterocycles. The van der Waals surface area contributed by atoms with Crippen molar-refractivity contribution in [3.8, 4) is 0 Å². The van der Waals surface area contributed by atoms with Crippen molar-refractivity contribution in [2.45, 2.75) is 18.3 Å². The molecular formula is C21H23N7O7S3. The van der Waals surface area contributed by atoms with Gasteiger partial charge in [0, 0.05) is 29.6 Å². The number of hydrogen-bond donors (Lipinski definition) is 4. The summed E-state index contributed by atoms with van der Waals surface area (Å²) in [5.74, 6) is -3.07. The first-order valence-corrected chi connectivity index (χ1v) is 14.1. The molecule has 14 nitrogen and oxygen atoms in total. The molecule has 1 aromatic rings. The van der Waals surface area contributed by atoms with Gasteiger partial charge >= 0.3 is 11.9 Å². The van der Waals surface area contributed by atoms with Crippen LogP contribution in [0.5, 0.6) is 0 Å². The second kappa shape index (κ2) is 11.9. The number of fused-ring (bicyclic) bond motifs is 1. The Labute approximate surface area is 228 Å². The van der Waals surface area contributed by atoms with Crippen molar-refractivity contribution in [3.05, 3.63) is 34.6 Å². The van der Waals surface area contributed by atoms with Crippen molar-refractivity contribution < 1.29 is 34.2 Å². The summed E-state index contributed by atoms with van der Waals surface area (Å²) in [7, 11) is 0. The standard InChI is InChI=1S/C21H23N7O7S3/c1-2-35-26-13(11-9-37-20(22)24-11)16(31)25-14-17(32)28-15(19(33)34)10(7-36-18(14)28)8-38-21-23-4-3-5-27(21)6-12(29)30/h3-4,9,14,18H,2,5-8H2,1H3,(H2,22,24)(H,25,31)(H,29,30)(H,33,34)/b26-13-/t14-,18-/m1/s1. The highest BCUT2D eigenvalue weighted by Gasteiger charge is 2.54. The number of nitrogens with zero attached hydrogens (tertiary/aromatic N) is 5. The predicted molar refractivity (Wildman–Crippen MR) is 143 cm³/mol. The number of aromatic nitrogens is 1. The Morgan fingerprint density at radius 2 is 2.16 bits per heavy atom. The summed E-state index contributed by atoms with van der Waals surface area (Å²) in [6.07, 6.45) is 3.28. The van der Waals surface area contributed by atoms with Crippen molar-refractivity contribution in [2.24, 2.45) is 10.1 Å². The van der Waals surface area contributed by atoms with Gasteiger partial charge in [0.25, 0.3) is 11.8 Å².